The molecule has 4 rings (SSSR count). The molecule has 0 bridgehead atoms. The van der Waals surface area contributed by atoms with Crippen LogP contribution >= 0.6 is 0 Å². The Morgan fingerprint density at radius 1 is 0.938 bits per heavy atom. The molecule has 5 heteroatoms. The topological polar surface area (TPSA) is 31.4 Å². The summed E-state index contributed by atoms with van der Waals surface area (Å²) in [5.41, 5.74) is 2.75. The van der Waals surface area contributed by atoms with E-state index in [1.54, 1.807) is 19.1 Å². The smallest absolute Gasteiger partial charge is 0.200 e. The lowest BCUT2D eigenvalue weighted by atomic mass is 9.77. The van der Waals surface area contributed by atoms with Crippen LogP contribution in [0.15, 0.2) is 30.5 Å². The van der Waals surface area contributed by atoms with Gasteiger partial charge >= 0.3 is 0 Å². The summed E-state index contributed by atoms with van der Waals surface area (Å²) in [6, 6.07) is 7.55. The summed E-state index contributed by atoms with van der Waals surface area (Å²) in [5.74, 6) is -0.508. The van der Waals surface area contributed by atoms with Crippen molar-refractivity contribution in [3.63, 3.8) is 0 Å². The van der Waals surface area contributed by atoms with Gasteiger partial charge in [0.15, 0.2) is 11.6 Å². The maximum Gasteiger partial charge on any atom is 0.200 e. The Morgan fingerprint density at radius 2 is 1.72 bits per heavy atom. The van der Waals surface area contributed by atoms with Crippen LogP contribution in [0.1, 0.15) is 100.0 Å². The van der Waals surface area contributed by atoms with E-state index in [-0.39, 0.29) is 17.8 Å². The van der Waals surface area contributed by atoms with Crippen molar-refractivity contribution >= 4 is 0 Å². The second-order valence-electron chi connectivity index (χ2n) is 9.33. The van der Waals surface area contributed by atoms with Gasteiger partial charge in [-0.3, -0.25) is 4.98 Å². The number of halogens is 2. The Hall–Kier alpha value is -2.01. The second kappa shape index (κ2) is 10.7. The zero-order valence-electron chi connectivity index (χ0n) is 19.3. The van der Waals surface area contributed by atoms with Gasteiger partial charge in [-0.1, -0.05) is 25.5 Å². The first-order valence-corrected chi connectivity index (χ1v) is 12.3. The Labute approximate surface area is 190 Å². The molecular weight excluding hydrogens is 408 g/mol. The molecule has 0 spiro atoms. The molecule has 2 heterocycles. The molecule has 0 amide bonds. The largest absolute Gasteiger partial charge is 0.491 e. The zero-order chi connectivity index (χ0) is 22.5. The molecule has 2 unspecified atom stereocenters. The fourth-order valence-corrected chi connectivity index (χ4v) is 5.38. The Kier molecular flexibility index (Phi) is 7.77. The molecule has 0 radical (unpaired) electrons. The van der Waals surface area contributed by atoms with Gasteiger partial charge in [0.2, 0.25) is 5.82 Å². The van der Waals surface area contributed by atoms with Gasteiger partial charge in [-0.05, 0) is 87.0 Å². The number of nitrogens with zero attached hydrogens (tertiary/aromatic N) is 1. The van der Waals surface area contributed by atoms with Crippen molar-refractivity contribution < 1.29 is 18.3 Å². The predicted molar refractivity (Wildman–Crippen MR) is 122 cm³/mol. The van der Waals surface area contributed by atoms with Crippen LogP contribution in [0, 0.1) is 17.6 Å². The van der Waals surface area contributed by atoms with Crippen LogP contribution in [-0.4, -0.2) is 18.2 Å². The highest BCUT2D eigenvalue weighted by Gasteiger charge is 2.28. The Balaban J connectivity index is 1.33. The number of ether oxygens (including phenoxy) is 2. The monoisotopic (exact) mass is 443 g/mol. The molecular formula is C27H35F2NO2. The molecule has 1 saturated heterocycles. The lowest BCUT2D eigenvalue weighted by Gasteiger charge is -2.30. The molecule has 1 aromatic heterocycles. The number of rotatable bonds is 7. The summed E-state index contributed by atoms with van der Waals surface area (Å²) in [7, 11) is 0. The molecule has 3 nitrogen and oxygen atoms in total. The molecule has 2 atom stereocenters. The normalized spacial score (nSPS) is 26.1. The summed E-state index contributed by atoms with van der Waals surface area (Å²) >= 11 is 0. The quantitative estimate of drug-likeness (QED) is 0.445. The molecule has 2 aromatic rings. The maximum absolute atomic E-state index is 14.6. The van der Waals surface area contributed by atoms with E-state index < -0.39 is 11.6 Å². The fraction of sp³-hybridized carbons (Fsp3) is 0.593. The molecule has 32 heavy (non-hydrogen) atoms. The second-order valence-corrected chi connectivity index (χ2v) is 9.33. The molecule has 1 saturated carbocycles. The molecule has 174 valence electrons. The number of pyridine rings is 1. The zero-order valence-corrected chi connectivity index (χ0v) is 19.3. The summed E-state index contributed by atoms with van der Waals surface area (Å²) < 4.78 is 40.2. The van der Waals surface area contributed by atoms with E-state index in [0.717, 1.165) is 44.4 Å². The van der Waals surface area contributed by atoms with Crippen molar-refractivity contribution in [3.05, 3.63) is 58.9 Å². The van der Waals surface area contributed by atoms with Crippen LogP contribution in [0.5, 0.6) is 5.75 Å². The van der Waals surface area contributed by atoms with Crippen molar-refractivity contribution in [1.29, 1.82) is 0 Å². The highest BCUT2D eigenvalue weighted by molar-refractivity contribution is 5.33. The van der Waals surface area contributed by atoms with Crippen LogP contribution in [0.3, 0.4) is 0 Å². The highest BCUT2D eigenvalue weighted by atomic mass is 19.2. The standard InChI is InChI=1S/C27H35F2NO2/c1-3-5-18-6-14-24(32-17-18)21-11-13-23(30-16-21)20-9-7-19(8-10-20)22-12-15-25(31-4-2)27(29)26(22)28/h11-13,15-16,18-20,24H,3-10,14,17H2,1-2H3. The van der Waals surface area contributed by atoms with Gasteiger partial charge in [-0.25, -0.2) is 4.39 Å². The summed E-state index contributed by atoms with van der Waals surface area (Å²) in [4.78, 5) is 4.76. The van der Waals surface area contributed by atoms with Crippen LogP contribution in [0.4, 0.5) is 8.78 Å². The Morgan fingerprint density at radius 3 is 2.34 bits per heavy atom. The summed E-state index contributed by atoms with van der Waals surface area (Å²) in [5, 5.41) is 0. The third kappa shape index (κ3) is 5.14. The minimum absolute atomic E-state index is 0.00504. The van der Waals surface area contributed by atoms with Crippen LogP contribution in [0.2, 0.25) is 0 Å². The molecule has 1 aliphatic heterocycles. The first-order chi connectivity index (χ1) is 15.6. The average Bonchev–Trinajstić information content (AvgIpc) is 2.83. The Bertz CT molecular complexity index is 870. The number of hydrogen-bond acceptors (Lipinski definition) is 3. The molecule has 2 fully saturated rings. The minimum atomic E-state index is -0.866. The van der Waals surface area contributed by atoms with Crippen molar-refractivity contribution in [3.8, 4) is 5.75 Å². The van der Waals surface area contributed by atoms with E-state index in [0.29, 0.717) is 24.0 Å². The summed E-state index contributed by atoms with van der Waals surface area (Å²) in [6.07, 6.45) is 10.5. The van der Waals surface area contributed by atoms with E-state index in [9.17, 15) is 8.78 Å². The van der Waals surface area contributed by atoms with Gasteiger partial charge < -0.3 is 9.47 Å². The minimum Gasteiger partial charge on any atom is -0.491 e. The van der Waals surface area contributed by atoms with Crippen LogP contribution in [0.25, 0.3) is 0 Å². The van der Waals surface area contributed by atoms with Crippen molar-refractivity contribution in [1.82, 2.24) is 4.98 Å². The van der Waals surface area contributed by atoms with E-state index in [2.05, 4.69) is 19.1 Å². The molecule has 2 aliphatic rings. The van der Waals surface area contributed by atoms with Gasteiger partial charge in [0.25, 0.3) is 0 Å². The van der Waals surface area contributed by atoms with E-state index in [1.807, 2.05) is 6.20 Å². The molecule has 1 aliphatic carbocycles. The van der Waals surface area contributed by atoms with Gasteiger partial charge in [-0.2, -0.15) is 4.39 Å². The maximum atomic E-state index is 14.6. The summed E-state index contributed by atoms with van der Waals surface area (Å²) in [6.45, 7) is 5.17. The van der Waals surface area contributed by atoms with E-state index in [4.69, 9.17) is 14.5 Å². The molecule has 0 N–H and O–H groups in total. The van der Waals surface area contributed by atoms with Crippen LogP contribution < -0.4 is 4.74 Å². The number of aromatic nitrogens is 1. The van der Waals surface area contributed by atoms with Gasteiger partial charge in [-0.15, -0.1) is 0 Å². The van der Waals surface area contributed by atoms with Crippen molar-refractivity contribution in [2.75, 3.05) is 13.2 Å². The van der Waals surface area contributed by atoms with Crippen LogP contribution in [-0.2, 0) is 4.74 Å². The third-order valence-electron chi connectivity index (χ3n) is 7.21. The van der Waals surface area contributed by atoms with Gasteiger partial charge in [0, 0.05) is 17.8 Å². The molecule has 1 aromatic carbocycles. The fourth-order valence-electron chi connectivity index (χ4n) is 5.38. The SMILES string of the molecule is CCCC1CCC(c2ccc(C3CCC(c4ccc(OCC)c(F)c4F)CC3)nc2)OC1. The van der Waals surface area contributed by atoms with E-state index in [1.165, 1.54) is 24.8 Å². The first kappa shape index (κ1) is 23.2. The lowest BCUT2D eigenvalue weighted by molar-refractivity contribution is -0.0196. The van der Waals surface area contributed by atoms with Gasteiger partial charge in [0.1, 0.15) is 0 Å². The van der Waals surface area contributed by atoms with Gasteiger partial charge in [0.05, 0.1) is 19.3 Å². The van der Waals surface area contributed by atoms with E-state index >= 15 is 0 Å². The number of hydrogen-bond donors (Lipinski definition) is 0. The highest BCUT2D eigenvalue weighted by Crippen LogP contribution is 2.42. The predicted octanol–water partition coefficient (Wildman–Crippen LogP) is 7.47. The third-order valence-corrected chi connectivity index (χ3v) is 7.21. The first-order valence-electron chi connectivity index (χ1n) is 12.3. The number of benzene rings is 1. The van der Waals surface area contributed by atoms with Crippen molar-refractivity contribution in [2.45, 2.75) is 83.2 Å². The van der Waals surface area contributed by atoms with Crippen molar-refractivity contribution in [2.24, 2.45) is 5.92 Å². The average molecular weight is 444 g/mol. The lowest BCUT2D eigenvalue weighted by Crippen LogP contribution is -2.21.